The second kappa shape index (κ2) is 4.57. The summed E-state index contributed by atoms with van der Waals surface area (Å²) in [7, 11) is 0. The van der Waals surface area contributed by atoms with Gasteiger partial charge >= 0.3 is 0 Å². The number of halogens is 1. The number of hydrogen-bond donors (Lipinski definition) is 2. The molecule has 1 aromatic rings. The molecule has 4 unspecified atom stereocenters. The van der Waals surface area contributed by atoms with Gasteiger partial charge in [0.2, 0.25) is 0 Å². The van der Waals surface area contributed by atoms with Gasteiger partial charge in [-0.1, -0.05) is 18.6 Å². The second-order valence-corrected chi connectivity index (χ2v) is 6.43. The van der Waals surface area contributed by atoms with Crippen LogP contribution >= 0.6 is 0 Å². The Hall–Kier alpha value is -0.930. The summed E-state index contributed by atoms with van der Waals surface area (Å²) in [4.78, 5) is 0. The molecule has 0 radical (unpaired) electrons. The lowest BCUT2D eigenvalue weighted by atomic mass is 9.67. The van der Waals surface area contributed by atoms with Crippen molar-refractivity contribution in [3.05, 3.63) is 35.1 Å². The van der Waals surface area contributed by atoms with Gasteiger partial charge in [0.1, 0.15) is 5.82 Å². The van der Waals surface area contributed by atoms with Crippen LogP contribution in [-0.4, -0.2) is 11.7 Å². The molecule has 0 heterocycles. The van der Waals surface area contributed by atoms with Crippen LogP contribution in [0.1, 0.15) is 42.9 Å². The molecule has 0 aliphatic heterocycles. The summed E-state index contributed by atoms with van der Waals surface area (Å²) in [6.45, 7) is 2.23. The van der Waals surface area contributed by atoms with Crippen LogP contribution in [0, 0.1) is 30.0 Å². The molecule has 104 valence electrons. The van der Waals surface area contributed by atoms with E-state index in [1.165, 1.54) is 18.9 Å². The number of rotatable bonds is 3. The van der Waals surface area contributed by atoms with Crippen molar-refractivity contribution in [2.75, 3.05) is 6.54 Å². The zero-order chi connectivity index (χ0) is 13.6. The van der Waals surface area contributed by atoms with Gasteiger partial charge in [0.05, 0.1) is 6.10 Å². The Kier molecular flexibility index (Phi) is 3.14. The second-order valence-electron chi connectivity index (χ2n) is 6.43. The summed E-state index contributed by atoms with van der Waals surface area (Å²) >= 11 is 0. The molecule has 2 bridgehead atoms. The van der Waals surface area contributed by atoms with E-state index in [2.05, 4.69) is 0 Å². The summed E-state index contributed by atoms with van der Waals surface area (Å²) in [6, 6.07) is 5.06. The van der Waals surface area contributed by atoms with E-state index in [1.54, 1.807) is 13.0 Å². The van der Waals surface area contributed by atoms with Crippen LogP contribution in [0.2, 0.25) is 0 Å². The van der Waals surface area contributed by atoms with E-state index in [-0.39, 0.29) is 11.2 Å². The van der Waals surface area contributed by atoms with E-state index in [4.69, 9.17) is 5.73 Å². The minimum Gasteiger partial charge on any atom is -0.388 e. The lowest BCUT2D eigenvalue weighted by molar-refractivity contribution is -0.0132. The topological polar surface area (TPSA) is 46.2 Å². The normalized spacial score (nSPS) is 34.7. The highest BCUT2D eigenvalue weighted by Crippen LogP contribution is 2.60. The van der Waals surface area contributed by atoms with Gasteiger partial charge in [-0.15, -0.1) is 0 Å². The highest BCUT2D eigenvalue weighted by Gasteiger charge is 2.54. The summed E-state index contributed by atoms with van der Waals surface area (Å²) in [5.41, 5.74) is 7.07. The summed E-state index contributed by atoms with van der Waals surface area (Å²) < 4.78 is 13.7. The smallest absolute Gasteiger partial charge is 0.126 e. The van der Waals surface area contributed by atoms with E-state index >= 15 is 0 Å². The zero-order valence-electron chi connectivity index (χ0n) is 11.4. The maximum Gasteiger partial charge on any atom is 0.126 e. The van der Waals surface area contributed by atoms with Gasteiger partial charge in [-0.3, -0.25) is 0 Å². The maximum absolute atomic E-state index is 13.7. The van der Waals surface area contributed by atoms with Gasteiger partial charge in [0.25, 0.3) is 0 Å². The molecule has 3 rings (SSSR count). The molecule has 2 aliphatic carbocycles. The Morgan fingerprint density at radius 3 is 2.79 bits per heavy atom. The highest BCUT2D eigenvalue weighted by atomic mass is 19.1. The summed E-state index contributed by atoms with van der Waals surface area (Å²) in [5, 5.41) is 10.8. The molecule has 1 aromatic carbocycles. The number of nitrogens with two attached hydrogens (primary N) is 1. The van der Waals surface area contributed by atoms with E-state index < -0.39 is 6.10 Å². The quantitative estimate of drug-likeness (QED) is 0.880. The molecule has 3 N–H and O–H groups in total. The monoisotopic (exact) mass is 263 g/mol. The molecule has 0 aromatic heterocycles. The van der Waals surface area contributed by atoms with Crippen molar-refractivity contribution in [2.45, 2.75) is 38.7 Å². The van der Waals surface area contributed by atoms with Crippen molar-refractivity contribution in [1.29, 1.82) is 0 Å². The highest BCUT2D eigenvalue weighted by molar-refractivity contribution is 5.27. The standard InChI is InChI=1S/C16H22FNO/c1-10-2-4-12(7-14(10)17)15(19)16(9-18)8-11-3-5-13(16)6-11/h2,4,7,11,13,15,19H,3,5-6,8-9,18H2,1H3. The van der Waals surface area contributed by atoms with Crippen LogP contribution in [0.5, 0.6) is 0 Å². The van der Waals surface area contributed by atoms with Crippen molar-refractivity contribution in [3.8, 4) is 0 Å². The van der Waals surface area contributed by atoms with Crippen molar-refractivity contribution in [3.63, 3.8) is 0 Å². The SMILES string of the molecule is Cc1ccc(C(O)C2(CN)CC3CCC2C3)cc1F. The average molecular weight is 263 g/mol. The van der Waals surface area contributed by atoms with Crippen LogP contribution in [-0.2, 0) is 0 Å². The largest absolute Gasteiger partial charge is 0.388 e. The van der Waals surface area contributed by atoms with Crippen molar-refractivity contribution in [1.82, 2.24) is 0 Å². The fourth-order valence-electron chi connectivity index (χ4n) is 4.29. The predicted octanol–water partition coefficient (Wildman–Crippen LogP) is 2.93. The number of fused-ring (bicyclic) bond motifs is 2. The Balaban J connectivity index is 1.93. The molecule has 2 nitrogen and oxygen atoms in total. The third-order valence-corrected chi connectivity index (χ3v) is 5.46. The van der Waals surface area contributed by atoms with Gasteiger partial charge in [-0.2, -0.15) is 0 Å². The van der Waals surface area contributed by atoms with Crippen molar-refractivity contribution < 1.29 is 9.50 Å². The third kappa shape index (κ3) is 1.91. The molecule has 4 atom stereocenters. The number of hydrogen-bond acceptors (Lipinski definition) is 2. The lowest BCUT2D eigenvalue weighted by Crippen LogP contribution is -2.41. The van der Waals surface area contributed by atoms with E-state index in [1.807, 2.05) is 6.07 Å². The Morgan fingerprint density at radius 2 is 2.26 bits per heavy atom. The molecular formula is C16H22FNO. The van der Waals surface area contributed by atoms with Gasteiger partial charge in [-0.05, 0) is 55.2 Å². The van der Waals surface area contributed by atoms with Gasteiger partial charge in [0.15, 0.2) is 0 Å². The lowest BCUT2D eigenvalue weighted by Gasteiger charge is -2.41. The molecule has 0 saturated heterocycles. The number of benzene rings is 1. The van der Waals surface area contributed by atoms with Gasteiger partial charge in [0, 0.05) is 12.0 Å². The minimum absolute atomic E-state index is 0.232. The summed E-state index contributed by atoms with van der Waals surface area (Å²) in [6.07, 6.45) is 3.96. The molecule has 2 saturated carbocycles. The average Bonchev–Trinajstić information content (AvgIpc) is 3.02. The molecule has 19 heavy (non-hydrogen) atoms. The van der Waals surface area contributed by atoms with Crippen LogP contribution in [0.4, 0.5) is 4.39 Å². The molecule has 2 fully saturated rings. The first-order valence-electron chi connectivity index (χ1n) is 7.21. The Bertz CT molecular complexity index is 490. The van der Waals surface area contributed by atoms with E-state index in [0.717, 1.165) is 12.8 Å². The van der Waals surface area contributed by atoms with E-state index in [9.17, 15) is 9.50 Å². The molecular weight excluding hydrogens is 241 g/mol. The van der Waals surface area contributed by atoms with Crippen LogP contribution in [0.15, 0.2) is 18.2 Å². The zero-order valence-corrected chi connectivity index (χ0v) is 11.4. The fraction of sp³-hybridized carbons (Fsp3) is 0.625. The minimum atomic E-state index is -0.636. The van der Waals surface area contributed by atoms with Crippen molar-refractivity contribution in [2.24, 2.45) is 23.0 Å². The number of aryl methyl sites for hydroxylation is 1. The van der Waals surface area contributed by atoms with Gasteiger partial charge < -0.3 is 10.8 Å². The van der Waals surface area contributed by atoms with Gasteiger partial charge in [-0.25, -0.2) is 4.39 Å². The predicted molar refractivity (Wildman–Crippen MR) is 73.0 cm³/mol. The van der Waals surface area contributed by atoms with Crippen molar-refractivity contribution >= 4 is 0 Å². The number of aliphatic hydroxyl groups is 1. The van der Waals surface area contributed by atoms with Crippen LogP contribution in [0.3, 0.4) is 0 Å². The molecule has 0 amide bonds. The molecule has 2 aliphatic rings. The fourth-order valence-corrected chi connectivity index (χ4v) is 4.29. The van der Waals surface area contributed by atoms with Crippen LogP contribution in [0.25, 0.3) is 0 Å². The molecule has 0 spiro atoms. The van der Waals surface area contributed by atoms with E-state index in [0.29, 0.717) is 29.5 Å². The maximum atomic E-state index is 13.7. The number of aliphatic hydroxyl groups excluding tert-OH is 1. The Morgan fingerprint density at radius 1 is 1.47 bits per heavy atom. The Labute approximate surface area is 113 Å². The molecule has 3 heteroatoms. The first-order chi connectivity index (χ1) is 9.06. The summed E-state index contributed by atoms with van der Waals surface area (Å²) in [5.74, 6) is 0.965. The third-order valence-electron chi connectivity index (χ3n) is 5.46. The first-order valence-corrected chi connectivity index (χ1v) is 7.21. The van der Waals surface area contributed by atoms with Crippen LogP contribution < -0.4 is 5.73 Å². The first kappa shape index (κ1) is 13.1.